The molecular formula is C68H132O17P2. The SMILES string of the molecule is CCCCCCCCCC(=O)OC[C@H](COP(=O)(O)OC[C@H](O)COP(=O)(O)OC[C@@H](COC(=O)CCCCCCCCCCCCC(C)C)OC(=O)CCCCCCCCCCCCCCC(C)C)OC(=O)CCCCCCCCCCCC(C)C. The molecule has 2 unspecified atom stereocenters. The lowest BCUT2D eigenvalue weighted by Gasteiger charge is -2.21. The summed E-state index contributed by atoms with van der Waals surface area (Å²) < 4.78 is 68.1. The molecule has 0 aliphatic heterocycles. The molecule has 516 valence electrons. The third-order valence-corrected chi connectivity index (χ3v) is 17.5. The molecular weight excluding hydrogens is 1150 g/mol. The Labute approximate surface area is 530 Å². The molecule has 0 saturated heterocycles. The zero-order chi connectivity index (χ0) is 64.5. The van der Waals surface area contributed by atoms with Gasteiger partial charge in [0.05, 0.1) is 26.4 Å². The van der Waals surface area contributed by atoms with Gasteiger partial charge in [-0.15, -0.1) is 0 Å². The van der Waals surface area contributed by atoms with Crippen molar-refractivity contribution in [1.82, 2.24) is 0 Å². The molecule has 0 heterocycles. The van der Waals surface area contributed by atoms with Crippen LogP contribution in [0.4, 0.5) is 0 Å². The molecule has 3 N–H and O–H groups in total. The van der Waals surface area contributed by atoms with Crippen LogP contribution in [0.5, 0.6) is 0 Å². The van der Waals surface area contributed by atoms with Gasteiger partial charge in [0.25, 0.3) is 0 Å². The first-order valence-electron chi connectivity index (χ1n) is 35.3. The molecule has 0 aromatic rings. The summed E-state index contributed by atoms with van der Waals surface area (Å²) in [6.07, 6.45) is 41.8. The lowest BCUT2D eigenvalue weighted by molar-refractivity contribution is -0.161. The van der Waals surface area contributed by atoms with Gasteiger partial charge >= 0.3 is 39.5 Å². The number of ether oxygens (including phenoxy) is 4. The Morgan fingerprint density at radius 3 is 0.782 bits per heavy atom. The van der Waals surface area contributed by atoms with E-state index in [1.807, 2.05) is 0 Å². The number of esters is 4. The topological polar surface area (TPSA) is 237 Å². The van der Waals surface area contributed by atoms with E-state index >= 15 is 0 Å². The Bertz CT molecular complexity index is 1720. The lowest BCUT2D eigenvalue weighted by Crippen LogP contribution is -2.30. The predicted molar refractivity (Wildman–Crippen MR) is 349 cm³/mol. The van der Waals surface area contributed by atoms with Crippen molar-refractivity contribution in [2.24, 2.45) is 17.8 Å². The molecule has 0 aromatic carbocycles. The molecule has 19 heteroatoms. The molecule has 17 nitrogen and oxygen atoms in total. The number of rotatable bonds is 66. The summed E-state index contributed by atoms with van der Waals surface area (Å²) in [5.41, 5.74) is 0. The van der Waals surface area contributed by atoms with E-state index in [9.17, 15) is 43.2 Å². The molecule has 0 aliphatic carbocycles. The smallest absolute Gasteiger partial charge is 0.462 e. The Morgan fingerprint density at radius 2 is 0.529 bits per heavy atom. The summed E-state index contributed by atoms with van der Waals surface area (Å²) in [6.45, 7) is 11.8. The zero-order valence-corrected chi connectivity index (χ0v) is 58.3. The highest BCUT2D eigenvalue weighted by Gasteiger charge is 2.30. The monoisotopic (exact) mass is 1280 g/mol. The minimum absolute atomic E-state index is 0.105. The fourth-order valence-corrected chi connectivity index (χ4v) is 11.8. The van der Waals surface area contributed by atoms with E-state index in [0.717, 1.165) is 120 Å². The third-order valence-electron chi connectivity index (χ3n) is 15.6. The van der Waals surface area contributed by atoms with Crippen LogP contribution in [0.25, 0.3) is 0 Å². The van der Waals surface area contributed by atoms with Gasteiger partial charge in [-0.25, -0.2) is 9.13 Å². The first kappa shape index (κ1) is 85.1. The van der Waals surface area contributed by atoms with Gasteiger partial charge in [-0.05, 0) is 43.4 Å². The van der Waals surface area contributed by atoms with Crippen molar-refractivity contribution >= 4 is 39.5 Å². The molecule has 0 spiro atoms. The van der Waals surface area contributed by atoms with Crippen molar-refractivity contribution in [1.29, 1.82) is 0 Å². The van der Waals surface area contributed by atoms with Gasteiger partial charge in [0, 0.05) is 25.7 Å². The van der Waals surface area contributed by atoms with Crippen LogP contribution in [-0.2, 0) is 65.4 Å². The van der Waals surface area contributed by atoms with Crippen LogP contribution < -0.4 is 0 Å². The molecule has 0 bridgehead atoms. The second-order valence-electron chi connectivity index (χ2n) is 26.0. The number of hydrogen-bond acceptors (Lipinski definition) is 15. The van der Waals surface area contributed by atoms with Crippen LogP contribution in [0.3, 0.4) is 0 Å². The fraction of sp³-hybridized carbons (Fsp3) is 0.941. The van der Waals surface area contributed by atoms with E-state index in [2.05, 4.69) is 48.5 Å². The minimum Gasteiger partial charge on any atom is -0.462 e. The summed E-state index contributed by atoms with van der Waals surface area (Å²) in [4.78, 5) is 72.3. The van der Waals surface area contributed by atoms with Crippen LogP contribution in [0.15, 0.2) is 0 Å². The zero-order valence-electron chi connectivity index (χ0n) is 56.5. The number of phosphoric ester groups is 2. The molecule has 0 rings (SSSR count). The number of hydrogen-bond donors (Lipinski definition) is 3. The van der Waals surface area contributed by atoms with E-state index in [-0.39, 0.29) is 25.7 Å². The maximum atomic E-state index is 13.0. The number of aliphatic hydroxyl groups is 1. The first-order chi connectivity index (χ1) is 41.7. The maximum absolute atomic E-state index is 13.0. The largest absolute Gasteiger partial charge is 0.472 e. The molecule has 5 atom stereocenters. The highest BCUT2D eigenvalue weighted by atomic mass is 31.2. The maximum Gasteiger partial charge on any atom is 0.472 e. The molecule has 87 heavy (non-hydrogen) atoms. The molecule has 0 fully saturated rings. The minimum atomic E-state index is -4.95. The summed E-state index contributed by atoms with van der Waals surface area (Å²) in [6, 6.07) is 0. The van der Waals surface area contributed by atoms with Crippen molar-refractivity contribution < 1.29 is 80.2 Å². The van der Waals surface area contributed by atoms with Gasteiger partial charge < -0.3 is 33.8 Å². The summed E-state index contributed by atoms with van der Waals surface area (Å²) in [7, 11) is -9.89. The summed E-state index contributed by atoms with van der Waals surface area (Å²) in [5, 5.41) is 10.6. The van der Waals surface area contributed by atoms with E-state index in [1.54, 1.807) is 0 Å². The number of carbonyl (C=O) groups excluding carboxylic acids is 4. The highest BCUT2D eigenvalue weighted by molar-refractivity contribution is 7.47. The van der Waals surface area contributed by atoms with E-state index in [1.165, 1.54) is 135 Å². The molecule has 0 aliphatic rings. The van der Waals surface area contributed by atoms with Crippen molar-refractivity contribution in [2.45, 2.75) is 356 Å². The van der Waals surface area contributed by atoms with Crippen molar-refractivity contribution in [2.75, 3.05) is 39.6 Å². The third kappa shape index (κ3) is 62.6. The van der Waals surface area contributed by atoms with Crippen LogP contribution in [0.1, 0.15) is 337 Å². The Kier molecular flexibility index (Phi) is 57.8. The van der Waals surface area contributed by atoms with Crippen molar-refractivity contribution in [3.8, 4) is 0 Å². The van der Waals surface area contributed by atoms with E-state index < -0.39 is 97.5 Å². The van der Waals surface area contributed by atoms with E-state index in [4.69, 9.17) is 37.0 Å². The van der Waals surface area contributed by atoms with Gasteiger partial charge in [-0.2, -0.15) is 0 Å². The van der Waals surface area contributed by atoms with Crippen LogP contribution in [0.2, 0.25) is 0 Å². The summed E-state index contributed by atoms with van der Waals surface area (Å²) >= 11 is 0. The Morgan fingerprint density at radius 1 is 0.310 bits per heavy atom. The lowest BCUT2D eigenvalue weighted by atomic mass is 10.0. The second kappa shape index (κ2) is 59.1. The molecule has 0 saturated carbocycles. The standard InChI is InChI=1S/C68H132O17P2/c1-8-9-10-11-25-35-42-49-65(70)78-55-63(84-68(73)52-45-38-31-24-18-21-28-34-41-48-61(6)7)57-82-86(74,75)80-53-62(69)54-81-87(76,77)83-58-64(56-79-66(71)50-43-36-29-22-17-16-20-27-33-40-47-60(4)5)85-67(72)51-44-37-30-23-15-13-12-14-19-26-32-39-46-59(2)3/h59-64,69H,8-58H2,1-7H3,(H,74,75)(H,76,77)/t62-,63+,64+/m0/s1. The fourth-order valence-electron chi connectivity index (χ4n) is 10.2. The van der Waals surface area contributed by atoms with E-state index in [0.29, 0.717) is 25.7 Å². The number of aliphatic hydroxyl groups excluding tert-OH is 1. The van der Waals surface area contributed by atoms with Crippen LogP contribution in [0, 0.1) is 17.8 Å². The van der Waals surface area contributed by atoms with Crippen molar-refractivity contribution in [3.05, 3.63) is 0 Å². The number of phosphoric acid groups is 2. The van der Waals surface area contributed by atoms with Crippen LogP contribution in [-0.4, -0.2) is 96.7 Å². The van der Waals surface area contributed by atoms with Crippen LogP contribution >= 0.6 is 15.6 Å². The average molecular weight is 1280 g/mol. The Balaban J connectivity index is 5.22. The quantitative estimate of drug-likeness (QED) is 0.0222. The number of unbranched alkanes of at least 4 members (excludes halogenated alkanes) is 34. The van der Waals surface area contributed by atoms with Gasteiger partial charge in [-0.3, -0.25) is 37.3 Å². The second-order valence-corrected chi connectivity index (χ2v) is 28.9. The average Bonchev–Trinajstić information content (AvgIpc) is 3.61. The van der Waals surface area contributed by atoms with Gasteiger partial charge in [0.2, 0.25) is 0 Å². The molecule has 0 amide bonds. The molecule has 0 radical (unpaired) electrons. The Hall–Kier alpha value is -1.94. The van der Waals surface area contributed by atoms with Crippen molar-refractivity contribution in [3.63, 3.8) is 0 Å². The predicted octanol–water partition coefficient (Wildman–Crippen LogP) is 19.1. The van der Waals surface area contributed by atoms with Gasteiger partial charge in [0.15, 0.2) is 12.2 Å². The van der Waals surface area contributed by atoms with Gasteiger partial charge in [0.1, 0.15) is 19.3 Å². The first-order valence-corrected chi connectivity index (χ1v) is 38.3. The molecule has 0 aromatic heterocycles. The number of carbonyl (C=O) groups is 4. The highest BCUT2D eigenvalue weighted by Crippen LogP contribution is 2.45. The summed E-state index contributed by atoms with van der Waals surface area (Å²) in [5.74, 6) is 0.139. The normalized spacial score (nSPS) is 14.3. The van der Waals surface area contributed by atoms with Gasteiger partial charge in [-0.1, -0.05) is 286 Å².